The van der Waals surface area contributed by atoms with E-state index in [1.807, 2.05) is 0 Å². The van der Waals surface area contributed by atoms with Crippen LogP contribution in [0.25, 0.3) is 0 Å². The van der Waals surface area contributed by atoms with E-state index in [1.165, 1.54) is 5.57 Å². The molecule has 0 aromatic heterocycles. The van der Waals surface area contributed by atoms with Crippen LogP contribution in [0.15, 0.2) is 11.6 Å². The fraction of sp³-hybridized carbons (Fsp3) is 0.857. The van der Waals surface area contributed by atoms with Gasteiger partial charge in [0.2, 0.25) is 0 Å². The molecule has 0 unspecified atom stereocenters. The maximum absolute atomic E-state index is 11.2. The molecule has 2 N–H and O–H groups in total. The van der Waals surface area contributed by atoms with E-state index in [9.17, 15) is 15.5 Å². The lowest BCUT2D eigenvalue weighted by Gasteiger charge is -2.58. The average molecular weight is 329 g/mol. The molecule has 132 valence electrons. The molecule has 3 saturated carbocycles. The van der Waals surface area contributed by atoms with E-state index in [0.717, 1.165) is 51.4 Å². The smallest absolute Gasteiger partial charge is 0.0833 e. The Bertz CT molecular complexity index is 607. The first-order valence-electron chi connectivity index (χ1n) is 9.81. The molecule has 4 aliphatic rings. The molecule has 3 heteroatoms. The normalized spacial score (nSPS) is 53.4. The van der Waals surface area contributed by atoms with Crippen LogP contribution in [0, 0.1) is 39.9 Å². The molecule has 0 amide bonds. The van der Waals surface area contributed by atoms with Crippen LogP contribution in [0.5, 0.6) is 0 Å². The number of hydrogen-bond acceptors (Lipinski definition) is 3. The van der Waals surface area contributed by atoms with Gasteiger partial charge in [-0.15, -0.1) is 0 Å². The van der Waals surface area contributed by atoms with Crippen molar-refractivity contribution in [2.75, 3.05) is 0 Å². The number of aliphatic hydroxyl groups is 2. The maximum Gasteiger partial charge on any atom is 0.0833 e. The Balaban J connectivity index is 1.67. The van der Waals surface area contributed by atoms with Crippen molar-refractivity contribution in [2.24, 2.45) is 28.6 Å². The largest absolute Gasteiger partial charge is 0.393 e. The Morgan fingerprint density at radius 2 is 1.92 bits per heavy atom. The highest BCUT2D eigenvalue weighted by molar-refractivity contribution is 5.26. The van der Waals surface area contributed by atoms with Crippen molar-refractivity contribution in [2.45, 2.75) is 83.3 Å². The summed E-state index contributed by atoms with van der Waals surface area (Å²) in [7, 11) is 0. The zero-order valence-electron chi connectivity index (χ0n) is 15.1. The predicted molar refractivity (Wildman–Crippen MR) is 92.9 cm³/mol. The second kappa shape index (κ2) is 5.32. The summed E-state index contributed by atoms with van der Waals surface area (Å²) in [4.78, 5) is 0. The zero-order chi connectivity index (χ0) is 17.2. The van der Waals surface area contributed by atoms with Gasteiger partial charge in [-0.2, -0.15) is 5.26 Å². The molecule has 0 saturated heterocycles. The molecular formula is C21H31NO2. The number of aliphatic hydroxyl groups excluding tert-OH is 1. The van der Waals surface area contributed by atoms with Crippen molar-refractivity contribution in [1.82, 2.24) is 0 Å². The minimum atomic E-state index is -0.787. The summed E-state index contributed by atoms with van der Waals surface area (Å²) in [6.07, 6.45) is 10.6. The molecule has 0 radical (unpaired) electrons. The van der Waals surface area contributed by atoms with Crippen molar-refractivity contribution in [3.8, 4) is 6.07 Å². The molecule has 0 bridgehead atoms. The van der Waals surface area contributed by atoms with Crippen LogP contribution in [-0.4, -0.2) is 21.9 Å². The van der Waals surface area contributed by atoms with Crippen LogP contribution in [0.4, 0.5) is 0 Å². The standard InChI is InChI=1S/C21H31NO2/c1-19-8-5-15(23)13-14(19)3-4-16-17(19)6-9-20(2)18(16)7-10-21(20,24)11-12-22/h3,15-18,23-24H,4-11,13H2,1-2H3/t15-,16-,17+,18+,19+,20+,21-/m1/s1. The van der Waals surface area contributed by atoms with Gasteiger partial charge in [0, 0.05) is 5.41 Å². The van der Waals surface area contributed by atoms with E-state index in [0.29, 0.717) is 17.8 Å². The second-order valence-corrected chi connectivity index (χ2v) is 9.52. The summed E-state index contributed by atoms with van der Waals surface area (Å²) in [6, 6.07) is 2.25. The summed E-state index contributed by atoms with van der Waals surface area (Å²) in [6.45, 7) is 4.69. The highest BCUT2D eigenvalue weighted by Crippen LogP contribution is 2.67. The third-order valence-corrected chi connectivity index (χ3v) is 8.77. The first-order valence-corrected chi connectivity index (χ1v) is 9.81. The number of nitrogens with zero attached hydrogens (tertiary/aromatic N) is 1. The number of fused-ring (bicyclic) bond motifs is 5. The Hall–Kier alpha value is -0.850. The molecule has 4 rings (SSSR count). The Morgan fingerprint density at radius 1 is 1.17 bits per heavy atom. The van der Waals surface area contributed by atoms with E-state index in [2.05, 4.69) is 26.0 Å². The molecule has 0 aromatic carbocycles. The summed E-state index contributed by atoms with van der Waals surface area (Å²) in [5.74, 6) is 1.86. The summed E-state index contributed by atoms with van der Waals surface area (Å²) < 4.78 is 0. The Morgan fingerprint density at radius 3 is 2.67 bits per heavy atom. The predicted octanol–water partition coefficient (Wildman–Crippen LogP) is 3.95. The second-order valence-electron chi connectivity index (χ2n) is 9.52. The van der Waals surface area contributed by atoms with Crippen LogP contribution in [-0.2, 0) is 0 Å². The van der Waals surface area contributed by atoms with Gasteiger partial charge in [0.15, 0.2) is 0 Å². The first kappa shape index (κ1) is 16.6. The topological polar surface area (TPSA) is 64.2 Å². The van der Waals surface area contributed by atoms with Gasteiger partial charge in [-0.05, 0) is 74.5 Å². The third-order valence-electron chi connectivity index (χ3n) is 8.77. The van der Waals surface area contributed by atoms with E-state index < -0.39 is 5.60 Å². The van der Waals surface area contributed by atoms with Gasteiger partial charge in [0.05, 0.1) is 24.2 Å². The SMILES string of the molecule is C[C@]12CC[C@@H](O)CC1=CC[C@@H]1[C@@H]2CC[C@@]2(C)[C@H]1CC[C@@]2(O)CC#N. The molecule has 0 aromatic rings. The van der Waals surface area contributed by atoms with Gasteiger partial charge in [0.25, 0.3) is 0 Å². The van der Waals surface area contributed by atoms with Gasteiger partial charge in [-0.1, -0.05) is 25.5 Å². The third kappa shape index (κ3) is 2.02. The molecule has 0 heterocycles. The van der Waals surface area contributed by atoms with Gasteiger partial charge >= 0.3 is 0 Å². The number of rotatable bonds is 1. The van der Waals surface area contributed by atoms with Crippen LogP contribution >= 0.6 is 0 Å². The minimum absolute atomic E-state index is 0.0974. The fourth-order valence-electron chi connectivity index (χ4n) is 7.17. The molecule has 0 aliphatic heterocycles. The van der Waals surface area contributed by atoms with E-state index in [1.54, 1.807) is 0 Å². The van der Waals surface area contributed by atoms with E-state index in [-0.39, 0.29) is 23.4 Å². The van der Waals surface area contributed by atoms with Crippen LogP contribution < -0.4 is 0 Å². The van der Waals surface area contributed by atoms with Crippen molar-refractivity contribution in [3.63, 3.8) is 0 Å². The molecular weight excluding hydrogens is 298 g/mol. The van der Waals surface area contributed by atoms with Crippen LogP contribution in [0.1, 0.15) is 71.6 Å². The van der Waals surface area contributed by atoms with Crippen molar-refractivity contribution in [1.29, 1.82) is 5.26 Å². The molecule has 0 spiro atoms. The summed E-state index contributed by atoms with van der Waals surface area (Å²) >= 11 is 0. The van der Waals surface area contributed by atoms with Crippen molar-refractivity contribution >= 4 is 0 Å². The molecule has 7 atom stereocenters. The molecule has 4 aliphatic carbocycles. The zero-order valence-corrected chi connectivity index (χ0v) is 15.1. The molecule has 3 fully saturated rings. The monoisotopic (exact) mass is 329 g/mol. The number of hydrogen-bond donors (Lipinski definition) is 2. The quantitative estimate of drug-likeness (QED) is 0.716. The highest BCUT2D eigenvalue weighted by atomic mass is 16.3. The average Bonchev–Trinajstić information content (AvgIpc) is 2.80. The lowest BCUT2D eigenvalue weighted by atomic mass is 9.47. The highest BCUT2D eigenvalue weighted by Gasteiger charge is 2.63. The summed E-state index contributed by atoms with van der Waals surface area (Å²) in [5.41, 5.74) is 0.862. The van der Waals surface area contributed by atoms with Crippen molar-refractivity contribution in [3.05, 3.63) is 11.6 Å². The lowest BCUT2D eigenvalue weighted by Crippen LogP contribution is -2.54. The van der Waals surface area contributed by atoms with Gasteiger partial charge in [0.1, 0.15) is 0 Å². The lowest BCUT2D eigenvalue weighted by molar-refractivity contribution is -0.122. The maximum atomic E-state index is 11.2. The number of nitriles is 1. The van der Waals surface area contributed by atoms with Crippen molar-refractivity contribution < 1.29 is 10.2 Å². The fourth-order valence-corrected chi connectivity index (χ4v) is 7.17. The van der Waals surface area contributed by atoms with Gasteiger partial charge < -0.3 is 10.2 Å². The molecule has 3 nitrogen and oxygen atoms in total. The van der Waals surface area contributed by atoms with Crippen LogP contribution in [0.2, 0.25) is 0 Å². The minimum Gasteiger partial charge on any atom is -0.393 e. The Labute approximate surface area is 145 Å². The first-order chi connectivity index (χ1) is 11.3. The summed E-state index contributed by atoms with van der Waals surface area (Å²) in [5, 5.41) is 30.5. The Kier molecular flexibility index (Phi) is 3.68. The number of allylic oxidation sites excluding steroid dienone is 1. The van der Waals surface area contributed by atoms with E-state index >= 15 is 0 Å². The van der Waals surface area contributed by atoms with Crippen LogP contribution in [0.3, 0.4) is 0 Å². The van der Waals surface area contributed by atoms with Gasteiger partial charge in [-0.25, -0.2) is 0 Å². The molecule has 24 heavy (non-hydrogen) atoms. The van der Waals surface area contributed by atoms with Gasteiger partial charge in [-0.3, -0.25) is 0 Å². The van der Waals surface area contributed by atoms with E-state index in [4.69, 9.17) is 0 Å².